The lowest BCUT2D eigenvalue weighted by Crippen LogP contribution is -1.93. The Hall–Kier alpha value is -1.06. The molecule has 1 N–H and O–H groups in total. The van der Waals surface area contributed by atoms with Gasteiger partial charge in [-0.2, -0.15) is 0 Å². The van der Waals surface area contributed by atoms with Gasteiger partial charge in [-0.15, -0.1) is 5.10 Å². The second-order valence-electron chi connectivity index (χ2n) is 1.76. The number of rotatable bonds is 2. The monoisotopic (exact) mass is 128 g/mol. The minimum absolute atomic E-state index is 0.474. The number of hydrogen-bond donors (Lipinski definition) is 1. The van der Waals surface area contributed by atoms with Crippen molar-refractivity contribution >= 4 is 0 Å². The summed E-state index contributed by atoms with van der Waals surface area (Å²) in [6, 6.07) is 0. The predicted molar refractivity (Wildman–Crippen MR) is 31.1 cm³/mol. The Morgan fingerprint density at radius 3 is 3.00 bits per heavy atom. The van der Waals surface area contributed by atoms with Gasteiger partial charge in [0.05, 0.1) is 0 Å². The standard InChI is InChI=1S/C5H8N2O2/c1-2-3-4-6-7-5(8)9-4/h2-3H2,1H3,(H,7,8). The molecule has 1 aromatic heterocycles. The summed E-state index contributed by atoms with van der Waals surface area (Å²) in [5.41, 5.74) is 0. The molecule has 50 valence electrons. The van der Waals surface area contributed by atoms with Gasteiger partial charge in [0.25, 0.3) is 0 Å². The van der Waals surface area contributed by atoms with Crippen molar-refractivity contribution < 1.29 is 4.42 Å². The van der Waals surface area contributed by atoms with Gasteiger partial charge in [0.15, 0.2) is 0 Å². The third kappa shape index (κ3) is 1.42. The van der Waals surface area contributed by atoms with E-state index < -0.39 is 5.76 Å². The molecule has 4 heteroatoms. The molecule has 1 rings (SSSR count). The zero-order valence-corrected chi connectivity index (χ0v) is 5.18. The Morgan fingerprint density at radius 1 is 1.78 bits per heavy atom. The molecular weight excluding hydrogens is 120 g/mol. The largest absolute Gasteiger partial charge is 0.434 e. The van der Waals surface area contributed by atoms with E-state index in [2.05, 4.69) is 14.6 Å². The summed E-state index contributed by atoms with van der Waals surface area (Å²) in [6.07, 6.45) is 1.66. The third-order valence-electron chi connectivity index (χ3n) is 0.946. The van der Waals surface area contributed by atoms with Crippen molar-refractivity contribution in [2.45, 2.75) is 19.8 Å². The molecule has 0 aromatic carbocycles. The van der Waals surface area contributed by atoms with Gasteiger partial charge in [0, 0.05) is 6.42 Å². The highest BCUT2D eigenvalue weighted by Crippen LogP contribution is 1.91. The molecule has 1 heterocycles. The van der Waals surface area contributed by atoms with Crippen LogP contribution < -0.4 is 5.76 Å². The van der Waals surface area contributed by atoms with E-state index in [0.29, 0.717) is 5.89 Å². The van der Waals surface area contributed by atoms with Crippen molar-refractivity contribution in [3.63, 3.8) is 0 Å². The molecule has 0 saturated carbocycles. The minimum Gasteiger partial charge on any atom is -0.393 e. The van der Waals surface area contributed by atoms with Crippen LogP contribution in [0.25, 0.3) is 0 Å². The van der Waals surface area contributed by atoms with Gasteiger partial charge in [-0.25, -0.2) is 9.89 Å². The second kappa shape index (κ2) is 2.48. The Morgan fingerprint density at radius 2 is 2.56 bits per heavy atom. The van der Waals surface area contributed by atoms with Crippen LogP contribution in [0.5, 0.6) is 0 Å². The first-order valence-electron chi connectivity index (χ1n) is 2.87. The number of aromatic amines is 1. The number of nitrogens with zero attached hydrogens (tertiary/aromatic N) is 1. The summed E-state index contributed by atoms with van der Waals surface area (Å²) < 4.78 is 4.60. The highest BCUT2D eigenvalue weighted by Gasteiger charge is 1.96. The van der Waals surface area contributed by atoms with E-state index in [9.17, 15) is 4.79 Å². The van der Waals surface area contributed by atoms with Gasteiger partial charge in [-0.3, -0.25) is 0 Å². The van der Waals surface area contributed by atoms with Gasteiger partial charge < -0.3 is 4.42 Å². The molecule has 0 atom stereocenters. The zero-order chi connectivity index (χ0) is 6.69. The van der Waals surface area contributed by atoms with Crippen molar-refractivity contribution in [1.29, 1.82) is 0 Å². The molecular formula is C5H8N2O2. The van der Waals surface area contributed by atoms with E-state index in [1.807, 2.05) is 6.92 Å². The van der Waals surface area contributed by atoms with Crippen LogP contribution in [0.4, 0.5) is 0 Å². The molecule has 0 aliphatic heterocycles. The normalized spacial score (nSPS) is 9.89. The van der Waals surface area contributed by atoms with E-state index in [4.69, 9.17) is 0 Å². The Balaban J connectivity index is 2.73. The van der Waals surface area contributed by atoms with Crippen molar-refractivity contribution in [1.82, 2.24) is 10.2 Å². The lowest BCUT2D eigenvalue weighted by atomic mass is 10.3. The molecule has 0 spiro atoms. The molecule has 9 heavy (non-hydrogen) atoms. The molecule has 1 aromatic rings. The molecule has 4 nitrogen and oxygen atoms in total. The highest BCUT2D eigenvalue weighted by atomic mass is 16.4. The molecule has 0 aliphatic carbocycles. The fourth-order valence-electron chi connectivity index (χ4n) is 0.581. The number of aryl methyl sites for hydroxylation is 1. The zero-order valence-electron chi connectivity index (χ0n) is 5.18. The van der Waals surface area contributed by atoms with E-state index in [1.54, 1.807) is 0 Å². The van der Waals surface area contributed by atoms with Crippen LogP contribution in [0.15, 0.2) is 9.21 Å². The maximum absolute atomic E-state index is 10.3. The van der Waals surface area contributed by atoms with Crippen LogP contribution >= 0.6 is 0 Å². The number of H-pyrrole nitrogens is 1. The quantitative estimate of drug-likeness (QED) is 0.623. The van der Waals surface area contributed by atoms with Crippen molar-refractivity contribution in [3.05, 3.63) is 16.4 Å². The minimum atomic E-state index is -0.474. The Bertz CT molecular complexity index is 225. The van der Waals surface area contributed by atoms with Crippen molar-refractivity contribution in [2.24, 2.45) is 0 Å². The van der Waals surface area contributed by atoms with Gasteiger partial charge >= 0.3 is 5.76 Å². The Kier molecular flexibility index (Phi) is 1.67. The average molecular weight is 128 g/mol. The number of nitrogens with one attached hydrogen (secondary N) is 1. The topological polar surface area (TPSA) is 58.9 Å². The van der Waals surface area contributed by atoms with Crippen LogP contribution in [-0.2, 0) is 6.42 Å². The van der Waals surface area contributed by atoms with Gasteiger partial charge in [-0.05, 0) is 6.42 Å². The van der Waals surface area contributed by atoms with E-state index in [1.165, 1.54) is 0 Å². The van der Waals surface area contributed by atoms with E-state index in [0.717, 1.165) is 12.8 Å². The average Bonchev–Trinajstić information content (AvgIpc) is 2.17. The highest BCUT2D eigenvalue weighted by molar-refractivity contribution is 4.71. The first-order valence-corrected chi connectivity index (χ1v) is 2.87. The molecule has 0 unspecified atom stereocenters. The van der Waals surface area contributed by atoms with Gasteiger partial charge in [0.2, 0.25) is 5.89 Å². The van der Waals surface area contributed by atoms with Gasteiger partial charge in [-0.1, -0.05) is 6.92 Å². The molecule has 0 fully saturated rings. The summed E-state index contributed by atoms with van der Waals surface area (Å²) in [5.74, 6) is 0.0148. The Labute approximate surface area is 51.9 Å². The summed E-state index contributed by atoms with van der Waals surface area (Å²) in [4.78, 5) is 10.3. The molecule has 0 saturated heterocycles. The first kappa shape index (κ1) is 6.07. The smallest absolute Gasteiger partial charge is 0.393 e. The summed E-state index contributed by atoms with van der Waals surface area (Å²) in [7, 11) is 0. The lowest BCUT2D eigenvalue weighted by Gasteiger charge is -1.81. The van der Waals surface area contributed by atoms with Crippen LogP contribution in [0.1, 0.15) is 19.2 Å². The van der Waals surface area contributed by atoms with Crippen LogP contribution in [0.2, 0.25) is 0 Å². The maximum atomic E-state index is 10.3. The summed E-state index contributed by atoms with van der Waals surface area (Å²) in [6.45, 7) is 1.99. The molecule has 0 aliphatic rings. The molecule has 0 radical (unpaired) electrons. The number of aromatic nitrogens is 2. The summed E-state index contributed by atoms with van der Waals surface area (Å²) >= 11 is 0. The molecule has 0 bridgehead atoms. The predicted octanol–water partition coefficient (Wildman–Crippen LogP) is 0.315. The number of hydrogen-bond acceptors (Lipinski definition) is 3. The third-order valence-corrected chi connectivity index (χ3v) is 0.946. The van der Waals surface area contributed by atoms with Gasteiger partial charge in [0.1, 0.15) is 0 Å². The van der Waals surface area contributed by atoms with Crippen molar-refractivity contribution in [3.8, 4) is 0 Å². The fraction of sp³-hybridized carbons (Fsp3) is 0.600. The fourth-order valence-corrected chi connectivity index (χ4v) is 0.581. The lowest BCUT2D eigenvalue weighted by molar-refractivity contribution is 0.459. The van der Waals surface area contributed by atoms with E-state index in [-0.39, 0.29) is 0 Å². The van der Waals surface area contributed by atoms with Crippen LogP contribution in [0.3, 0.4) is 0 Å². The van der Waals surface area contributed by atoms with E-state index >= 15 is 0 Å². The van der Waals surface area contributed by atoms with Crippen LogP contribution in [0, 0.1) is 0 Å². The second-order valence-corrected chi connectivity index (χ2v) is 1.76. The SMILES string of the molecule is CCCc1n[nH]c(=O)o1. The first-order chi connectivity index (χ1) is 4.33. The van der Waals surface area contributed by atoms with Crippen LogP contribution in [-0.4, -0.2) is 10.2 Å². The summed E-state index contributed by atoms with van der Waals surface area (Å²) in [5, 5.41) is 5.78. The molecule has 0 amide bonds. The van der Waals surface area contributed by atoms with Crippen molar-refractivity contribution in [2.75, 3.05) is 0 Å². The maximum Gasteiger partial charge on any atom is 0.434 e.